The minimum absolute atomic E-state index is 0.221. The van der Waals surface area contributed by atoms with Crippen LogP contribution in [0.3, 0.4) is 0 Å². The number of thiophene rings is 1. The number of nitrogens with zero attached hydrogens (tertiary/aromatic N) is 1. The lowest BCUT2D eigenvalue weighted by Gasteiger charge is -2.21. The number of carbonyl (C=O) groups excluding carboxylic acids is 1. The van der Waals surface area contributed by atoms with E-state index in [1.807, 2.05) is 12.1 Å². The number of Topliss-reactive ketones (excluding diaryl/α,β-unsaturated/α-hetero) is 1. The van der Waals surface area contributed by atoms with Gasteiger partial charge in [0, 0.05) is 6.54 Å². The van der Waals surface area contributed by atoms with Crippen molar-refractivity contribution in [3.05, 3.63) is 20.8 Å². The van der Waals surface area contributed by atoms with Crippen LogP contribution in [0.4, 0.5) is 0 Å². The van der Waals surface area contributed by atoms with Gasteiger partial charge in [0.15, 0.2) is 5.78 Å². The number of halogens is 1. The summed E-state index contributed by atoms with van der Waals surface area (Å²) in [4.78, 5) is 15.0. The van der Waals surface area contributed by atoms with Crippen molar-refractivity contribution in [2.45, 2.75) is 20.8 Å². The largest absolute Gasteiger partial charge is 0.296 e. The molecule has 1 aromatic rings. The first kappa shape index (κ1) is 13.9. The second-order valence-electron chi connectivity index (χ2n) is 4.25. The number of likely N-dealkylation sites (N-methyl/N-ethyl adjacent to an activating group) is 1. The van der Waals surface area contributed by atoms with Crippen LogP contribution in [0.5, 0.6) is 0 Å². The van der Waals surface area contributed by atoms with Crippen LogP contribution in [0.2, 0.25) is 0 Å². The van der Waals surface area contributed by atoms with Gasteiger partial charge in [-0.05, 0) is 40.5 Å². The van der Waals surface area contributed by atoms with Gasteiger partial charge in [0.2, 0.25) is 0 Å². The molecule has 0 amide bonds. The van der Waals surface area contributed by atoms with E-state index in [-0.39, 0.29) is 5.78 Å². The fourth-order valence-electron chi connectivity index (χ4n) is 1.57. The maximum Gasteiger partial charge on any atom is 0.186 e. The normalized spacial score (nSPS) is 11.4. The molecule has 0 unspecified atom stereocenters. The lowest BCUT2D eigenvalue weighted by Crippen LogP contribution is -2.32. The third-order valence-electron chi connectivity index (χ3n) is 2.29. The summed E-state index contributed by atoms with van der Waals surface area (Å²) in [5, 5.41) is 0. The average molecular weight is 304 g/mol. The topological polar surface area (TPSA) is 20.3 Å². The van der Waals surface area contributed by atoms with Crippen molar-refractivity contribution in [2.75, 3.05) is 19.6 Å². The molecule has 0 bridgehead atoms. The highest BCUT2D eigenvalue weighted by molar-refractivity contribution is 9.11. The van der Waals surface area contributed by atoms with Gasteiger partial charge in [-0.25, -0.2) is 0 Å². The van der Waals surface area contributed by atoms with Crippen LogP contribution in [-0.2, 0) is 0 Å². The van der Waals surface area contributed by atoms with Crippen molar-refractivity contribution in [3.8, 4) is 0 Å². The lowest BCUT2D eigenvalue weighted by molar-refractivity contribution is 0.0930. The minimum Gasteiger partial charge on any atom is -0.296 e. The zero-order chi connectivity index (χ0) is 12.1. The Hall–Kier alpha value is -0.190. The fourth-order valence-corrected chi connectivity index (χ4v) is 2.88. The highest BCUT2D eigenvalue weighted by atomic mass is 79.9. The molecule has 90 valence electrons. The monoisotopic (exact) mass is 303 g/mol. The van der Waals surface area contributed by atoms with Crippen LogP contribution in [0.15, 0.2) is 15.9 Å². The molecule has 0 radical (unpaired) electrons. The Kier molecular flexibility index (Phi) is 5.66. The van der Waals surface area contributed by atoms with E-state index in [1.165, 1.54) is 11.3 Å². The minimum atomic E-state index is 0.221. The third kappa shape index (κ3) is 4.36. The Morgan fingerprint density at radius 3 is 2.62 bits per heavy atom. The van der Waals surface area contributed by atoms with Crippen LogP contribution >= 0.6 is 27.3 Å². The molecule has 1 rings (SSSR count). The van der Waals surface area contributed by atoms with Gasteiger partial charge >= 0.3 is 0 Å². The van der Waals surface area contributed by atoms with Gasteiger partial charge in [-0.1, -0.05) is 20.8 Å². The summed E-state index contributed by atoms with van der Waals surface area (Å²) in [5.74, 6) is 0.820. The summed E-state index contributed by atoms with van der Waals surface area (Å²) in [6, 6.07) is 3.82. The first-order chi connectivity index (χ1) is 7.52. The van der Waals surface area contributed by atoms with E-state index in [1.54, 1.807) is 0 Å². The molecule has 0 saturated carbocycles. The number of carbonyl (C=O) groups is 1. The van der Waals surface area contributed by atoms with Crippen molar-refractivity contribution in [2.24, 2.45) is 5.92 Å². The van der Waals surface area contributed by atoms with Gasteiger partial charge in [0.1, 0.15) is 0 Å². The molecule has 0 aliphatic rings. The van der Waals surface area contributed by atoms with Crippen molar-refractivity contribution >= 4 is 33.0 Å². The van der Waals surface area contributed by atoms with E-state index < -0.39 is 0 Å². The highest BCUT2D eigenvalue weighted by Gasteiger charge is 2.13. The van der Waals surface area contributed by atoms with E-state index in [9.17, 15) is 4.79 Å². The predicted molar refractivity (Wildman–Crippen MR) is 73.3 cm³/mol. The zero-order valence-electron chi connectivity index (χ0n) is 10.00. The number of ketones is 1. The molecular formula is C12H18BrNOS. The van der Waals surface area contributed by atoms with E-state index in [4.69, 9.17) is 0 Å². The first-order valence-corrected chi connectivity index (χ1v) is 7.14. The highest BCUT2D eigenvalue weighted by Crippen LogP contribution is 2.22. The molecule has 16 heavy (non-hydrogen) atoms. The molecule has 2 nitrogen and oxygen atoms in total. The molecular weight excluding hydrogens is 286 g/mol. The molecule has 1 aromatic heterocycles. The van der Waals surface area contributed by atoms with Crippen molar-refractivity contribution < 1.29 is 4.79 Å². The Labute approximate surface area is 110 Å². The van der Waals surface area contributed by atoms with E-state index in [0.29, 0.717) is 12.5 Å². The molecule has 0 aliphatic heterocycles. The van der Waals surface area contributed by atoms with Crippen LogP contribution in [0, 0.1) is 5.92 Å². The Morgan fingerprint density at radius 1 is 1.50 bits per heavy atom. The van der Waals surface area contributed by atoms with Crippen molar-refractivity contribution in [1.82, 2.24) is 4.90 Å². The van der Waals surface area contributed by atoms with Crippen LogP contribution in [0.1, 0.15) is 30.4 Å². The number of rotatable bonds is 6. The maximum absolute atomic E-state index is 12.0. The first-order valence-electron chi connectivity index (χ1n) is 5.53. The average Bonchev–Trinajstić information content (AvgIpc) is 2.63. The Morgan fingerprint density at radius 2 is 2.19 bits per heavy atom. The van der Waals surface area contributed by atoms with E-state index >= 15 is 0 Å². The molecule has 0 aliphatic carbocycles. The molecule has 0 N–H and O–H groups in total. The van der Waals surface area contributed by atoms with E-state index in [2.05, 4.69) is 41.6 Å². The second-order valence-corrected chi connectivity index (χ2v) is 6.71. The molecule has 0 fully saturated rings. The van der Waals surface area contributed by atoms with Gasteiger partial charge in [-0.15, -0.1) is 11.3 Å². The van der Waals surface area contributed by atoms with Crippen LogP contribution < -0.4 is 0 Å². The molecule has 4 heteroatoms. The Bertz CT molecular complexity index is 349. The maximum atomic E-state index is 12.0. The lowest BCUT2D eigenvalue weighted by atomic mass is 10.2. The summed E-state index contributed by atoms with van der Waals surface area (Å²) < 4.78 is 1.02. The second kappa shape index (κ2) is 6.52. The molecule has 0 saturated heterocycles. The SMILES string of the molecule is CCN(CC(=O)c1ccc(Br)s1)CC(C)C. The van der Waals surface area contributed by atoms with Crippen molar-refractivity contribution in [1.29, 1.82) is 0 Å². The summed E-state index contributed by atoms with van der Waals surface area (Å²) in [6.45, 7) is 8.89. The van der Waals surface area contributed by atoms with Gasteiger partial charge in [-0.3, -0.25) is 9.69 Å². The summed E-state index contributed by atoms with van der Waals surface area (Å²) in [6.07, 6.45) is 0. The fraction of sp³-hybridized carbons (Fsp3) is 0.583. The molecule has 0 aromatic carbocycles. The number of hydrogen-bond acceptors (Lipinski definition) is 3. The molecule has 0 spiro atoms. The van der Waals surface area contributed by atoms with Gasteiger partial charge < -0.3 is 0 Å². The standard InChI is InChI=1S/C12H18BrNOS/c1-4-14(7-9(2)3)8-10(15)11-5-6-12(13)16-11/h5-6,9H,4,7-8H2,1-3H3. The Balaban J connectivity index is 2.55. The zero-order valence-corrected chi connectivity index (χ0v) is 12.4. The third-order valence-corrected chi connectivity index (χ3v) is 3.95. The summed E-state index contributed by atoms with van der Waals surface area (Å²) in [5.41, 5.74) is 0. The predicted octanol–water partition coefficient (Wildman–Crippen LogP) is 3.67. The van der Waals surface area contributed by atoms with Gasteiger partial charge in [0.25, 0.3) is 0 Å². The van der Waals surface area contributed by atoms with Gasteiger partial charge in [0.05, 0.1) is 15.2 Å². The summed E-state index contributed by atoms with van der Waals surface area (Å²) >= 11 is 4.88. The smallest absolute Gasteiger partial charge is 0.186 e. The molecule has 1 heterocycles. The number of hydrogen-bond donors (Lipinski definition) is 0. The molecule has 0 atom stereocenters. The van der Waals surface area contributed by atoms with Gasteiger partial charge in [-0.2, -0.15) is 0 Å². The van der Waals surface area contributed by atoms with E-state index in [0.717, 1.165) is 21.8 Å². The quantitative estimate of drug-likeness (QED) is 0.747. The summed E-state index contributed by atoms with van der Waals surface area (Å²) in [7, 11) is 0. The van der Waals surface area contributed by atoms with Crippen molar-refractivity contribution in [3.63, 3.8) is 0 Å². The van der Waals surface area contributed by atoms with Crippen LogP contribution in [0.25, 0.3) is 0 Å². The van der Waals surface area contributed by atoms with Crippen LogP contribution in [-0.4, -0.2) is 30.3 Å².